The standard InChI is InChI=1S/C57H72F2N12O12S/c1-37-56(71(76)77)84-57(64-37)68-55(75)46-6-4-44(34-50(46)65-38(2)72)62-11-19-79-21-23-81-25-27-83-28-26-82-24-22-80-20-12-63-52(73)36-69-13-15-70(16-14-69)45-5-7-47(51(35-45)66-43-9-17-78-18-10-43)54(74)67-53(61)48-32-39(3-8-49(48)60)29-40-30-41(58)33-42(59)31-40/h3-8,30-35,43,62,66H,9-29,36,60H2,1-2H3,(H,63,73)(H,65,72)(H2,61,67,74)(H,64,68,75). The number of nitrogens with one attached hydrogen (secondary N) is 7. The Bertz CT molecular complexity index is 3030. The summed E-state index contributed by atoms with van der Waals surface area (Å²) in [6.07, 6.45) is 1.72. The fraction of sp³-hybridized carbons (Fsp3) is 0.439. The number of rotatable bonds is 32. The van der Waals surface area contributed by atoms with E-state index in [1.54, 1.807) is 36.4 Å². The van der Waals surface area contributed by atoms with E-state index < -0.39 is 28.4 Å². The first-order valence-corrected chi connectivity index (χ1v) is 28.3. The number of halogens is 2. The summed E-state index contributed by atoms with van der Waals surface area (Å²) in [6, 6.07) is 18.7. The van der Waals surface area contributed by atoms with Gasteiger partial charge in [-0.2, -0.15) is 0 Å². The second kappa shape index (κ2) is 32.9. The van der Waals surface area contributed by atoms with Crippen LogP contribution < -0.4 is 42.5 Å². The Hall–Kier alpha value is -7.76. The first-order valence-electron chi connectivity index (χ1n) is 27.5. The van der Waals surface area contributed by atoms with Gasteiger partial charge in [0, 0.05) is 99.8 Å². The second-order valence-electron chi connectivity index (χ2n) is 19.6. The van der Waals surface area contributed by atoms with E-state index in [2.05, 4.69) is 46.7 Å². The van der Waals surface area contributed by atoms with Crippen LogP contribution in [0, 0.1) is 34.1 Å². The Balaban J connectivity index is 0.702. The van der Waals surface area contributed by atoms with Gasteiger partial charge in [0.2, 0.25) is 11.8 Å². The van der Waals surface area contributed by atoms with E-state index in [1.165, 1.54) is 32.0 Å². The quantitative estimate of drug-likeness (QED) is 0.00630. The minimum Gasteiger partial charge on any atom is -0.398 e. The van der Waals surface area contributed by atoms with E-state index in [9.17, 15) is 38.1 Å². The van der Waals surface area contributed by atoms with Crippen molar-refractivity contribution in [2.45, 2.75) is 39.2 Å². The molecule has 2 aliphatic heterocycles. The Kier molecular flexibility index (Phi) is 25.0. The molecule has 27 heteroatoms. The van der Waals surface area contributed by atoms with Crippen LogP contribution in [-0.2, 0) is 44.4 Å². The number of aromatic nitrogens is 1. The normalized spacial score (nSPS) is 13.7. The van der Waals surface area contributed by atoms with Crippen LogP contribution in [0.3, 0.4) is 0 Å². The van der Waals surface area contributed by atoms with Gasteiger partial charge in [-0.05, 0) is 109 Å². The van der Waals surface area contributed by atoms with Gasteiger partial charge in [-0.25, -0.2) is 13.8 Å². The predicted molar refractivity (Wildman–Crippen MR) is 315 cm³/mol. The average Bonchev–Trinajstić information content (AvgIpc) is 3.89. The number of nitrogens with two attached hydrogens (primary N) is 1. The maximum atomic E-state index is 13.9. The number of thiazole rings is 1. The van der Waals surface area contributed by atoms with Crippen LogP contribution in [0.1, 0.15) is 62.9 Å². The van der Waals surface area contributed by atoms with E-state index in [-0.39, 0.29) is 75.0 Å². The van der Waals surface area contributed by atoms with Gasteiger partial charge in [-0.3, -0.25) is 44.9 Å². The molecule has 2 fully saturated rings. The number of carbonyl (C=O) groups is 4. The van der Waals surface area contributed by atoms with Crippen LogP contribution in [0.4, 0.5) is 47.4 Å². The number of nitrogens with zero attached hydrogens (tertiary/aromatic N) is 4. The summed E-state index contributed by atoms with van der Waals surface area (Å²) in [7, 11) is 0. The summed E-state index contributed by atoms with van der Waals surface area (Å²) >= 11 is 0.746. The molecule has 2 aliphatic rings. The number of anilines is 6. The van der Waals surface area contributed by atoms with E-state index in [0.717, 1.165) is 35.9 Å². The Morgan fingerprint density at radius 3 is 2.00 bits per heavy atom. The van der Waals surface area contributed by atoms with Crippen molar-refractivity contribution < 1.29 is 61.3 Å². The van der Waals surface area contributed by atoms with Crippen molar-refractivity contribution in [1.29, 1.82) is 5.41 Å². The molecule has 3 heterocycles. The number of amides is 4. The fourth-order valence-electron chi connectivity index (χ4n) is 9.09. The Morgan fingerprint density at radius 2 is 1.37 bits per heavy atom. The molecule has 5 aromatic rings. The number of piperazine rings is 1. The lowest BCUT2D eigenvalue weighted by atomic mass is 10.0. The molecule has 0 bridgehead atoms. The first-order chi connectivity index (χ1) is 40.6. The topological polar surface area (TPSA) is 308 Å². The molecule has 4 aromatic carbocycles. The van der Waals surface area contributed by atoms with E-state index in [0.29, 0.717) is 147 Å². The van der Waals surface area contributed by atoms with Gasteiger partial charge in [0.15, 0.2) is 5.13 Å². The van der Waals surface area contributed by atoms with Gasteiger partial charge in [0.25, 0.3) is 11.8 Å². The molecule has 4 amide bonds. The molecule has 0 saturated carbocycles. The number of benzene rings is 4. The maximum absolute atomic E-state index is 13.9. The lowest BCUT2D eigenvalue weighted by molar-refractivity contribution is -0.380. The second-order valence-corrected chi connectivity index (χ2v) is 20.6. The molecule has 0 spiro atoms. The van der Waals surface area contributed by atoms with E-state index in [1.807, 2.05) is 12.1 Å². The van der Waals surface area contributed by atoms with E-state index >= 15 is 0 Å². The van der Waals surface area contributed by atoms with Crippen molar-refractivity contribution in [3.05, 3.63) is 128 Å². The van der Waals surface area contributed by atoms with Gasteiger partial charge in [0.1, 0.15) is 23.2 Å². The summed E-state index contributed by atoms with van der Waals surface area (Å²) in [5.41, 5.74) is 11.0. The number of ether oxygens (including phenoxy) is 6. The molecule has 0 atom stereocenters. The van der Waals surface area contributed by atoms with Crippen LogP contribution in [0.2, 0.25) is 0 Å². The lowest BCUT2D eigenvalue weighted by Gasteiger charge is -2.36. The highest BCUT2D eigenvalue weighted by atomic mass is 32.1. The zero-order chi connectivity index (χ0) is 59.8. The molecule has 9 N–H and O–H groups in total. The van der Waals surface area contributed by atoms with Gasteiger partial charge in [-0.1, -0.05) is 6.07 Å². The summed E-state index contributed by atoms with van der Waals surface area (Å²) in [5.74, 6) is -3.15. The number of hydrogen-bond donors (Lipinski definition) is 8. The minimum absolute atomic E-state index is 0.0716. The first kappa shape index (κ1) is 63.8. The molecular formula is C57H72F2N12O12S. The van der Waals surface area contributed by atoms with Gasteiger partial charge < -0.3 is 65.6 Å². The highest BCUT2D eigenvalue weighted by Crippen LogP contribution is 2.32. The molecule has 0 unspecified atom stereocenters. The molecule has 1 aromatic heterocycles. The number of nitro groups is 1. The summed E-state index contributed by atoms with van der Waals surface area (Å²) < 4.78 is 61.3. The van der Waals surface area contributed by atoms with Gasteiger partial charge >= 0.3 is 5.00 Å². The maximum Gasteiger partial charge on any atom is 0.348 e. The number of aryl methyl sites for hydroxylation is 1. The number of nitrogen functional groups attached to an aromatic ring is 1. The zero-order valence-electron chi connectivity index (χ0n) is 47.0. The SMILES string of the molecule is CC(=O)Nc1cc(NCCOCCOCCOCCOCCOCCNC(=O)CN2CCN(c3ccc(C(=O)NC(=N)c4cc(Cc5cc(F)cc(F)c5)ccc4N)c(NC4CCOCC4)c3)CC2)ccc1C(=O)Nc1nc(C)c([N+](=O)[O-])s1. The van der Waals surface area contributed by atoms with Crippen LogP contribution >= 0.6 is 11.3 Å². The average molecular weight is 1190 g/mol. The largest absolute Gasteiger partial charge is 0.398 e. The summed E-state index contributed by atoms with van der Waals surface area (Å²) in [6.45, 7) is 11.4. The number of amidine groups is 1. The van der Waals surface area contributed by atoms with Gasteiger partial charge in [0.05, 0.1) is 94.4 Å². The molecule has 452 valence electrons. The smallest absolute Gasteiger partial charge is 0.348 e. The van der Waals surface area contributed by atoms with Crippen LogP contribution in [0.15, 0.2) is 72.8 Å². The minimum atomic E-state index is -0.687. The molecule has 24 nitrogen and oxygen atoms in total. The molecule has 0 radical (unpaired) electrons. The van der Waals surface area contributed by atoms with Crippen molar-refractivity contribution >= 4 is 79.4 Å². The molecule has 7 rings (SSSR count). The van der Waals surface area contributed by atoms with Crippen LogP contribution in [-0.4, -0.2) is 175 Å². The third kappa shape index (κ3) is 20.5. The van der Waals surface area contributed by atoms with Crippen molar-refractivity contribution in [3.8, 4) is 0 Å². The highest BCUT2D eigenvalue weighted by molar-refractivity contribution is 7.19. The van der Waals surface area contributed by atoms with E-state index in [4.69, 9.17) is 39.6 Å². The molecule has 2 saturated heterocycles. The number of carbonyl (C=O) groups excluding carboxylic acids is 4. The predicted octanol–water partition coefficient (Wildman–Crippen LogP) is 5.80. The Morgan fingerprint density at radius 1 is 0.750 bits per heavy atom. The van der Waals surface area contributed by atoms with Crippen molar-refractivity contribution in [2.24, 2.45) is 0 Å². The van der Waals surface area contributed by atoms with Crippen LogP contribution in [0.25, 0.3) is 0 Å². The summed E-state index contributed by atoms with van der Waals surface area (Å²) in [4.78, 5) is 70.5. The Labute approximate surface area is 489 Å². The van der Waals surface area contributed by atoms with Crippen molar-refractivity contribution in [1.82, 2.24) is 20.5 Å². The lowest BCUT2D eigenvalue weighted by Crippen LogP contribution is -2.49. The molecular weight excluding hydrogens is 1110 g/mol. The monoisotopic (exact) mass is 1190 g/mol. The molecule has 0 aliphatic carbocycles. The third-order valence-electron chi connectivity index (χ3n) is 13.3. The number of hydrogen-bond acceptors (Lipinski definition) is 20. The molecule has 84 heavy (non-hydrogen) atoms. The fourth-order valence-corrected chi connectivity index (χ4v) is 9.87. The summed E-state index contributed by atoms with van der Waals surface area (Å²) in [5, 5.41) is 37.4. The third-order valence-corrected chi connectivity index (χ3v) is 14.3. The highest BCUT2D eigenvalue weighted by Gasteiger charge is 2.25. The van der Waals surface area contributed by atoms with Crippen molar-refractivity contribution in [2.75, 3.05) is 157 Å². The van der Waals surface area contributed by atoms with Crippen LogP contribution in [0.5, 0.6) is 0 Å². The zero-order valence-corrected chi connectivity index (χ0v) is 47.8. The van der Waals surface area contributed by atoms with Gasteiger partial charge in [-0.15, -0.1) is 0 Å². The van der Waals surface area contributed by atoms with Crippen molar-refractivity contribution in [3.63, 3.8) is 0 Å².